The van der Waals surface area contributed by atoms with E-state index in [1.807, 2.05) is 31.1 Å². The van der Waals surface area contributed by atoms with E-state index in [1.54, 1.807) is 6.20 Å². The molecule has 18 heavy (non-hydrogen) atoms. The molecule has 0 saturated heterocycles. The van der Waals surface area contributed by atoms with Crippen LogP contribution < -0.4 is 15.5 Å². The summed E-state index contributed by atoms with van der Waals surface area (Å²) in [5, 5.41) is 5.56. The van der Waals surface area contributed by atoms with Gasteiger partial charge in [0.25, 0.3) is 0 Å². The minimum Gasteiger partial charge on any atom is -0.363 e. The van der Waals surface area contributed by atoms with Crippen LogP contribution >= 0.6 is 0 Å². The first-order valence-corrected chi connectivity index (χ1v) is 6.17. The van der Waals surface area contributed by atoms with Crippen LogP contribution in [-0.4, -0.2) is 31.7 Å². The van der Waals surface area contributed by atoms with Crippen molar-refractivity contribution in [3.05, 3.63) is 18.3 Å². The predicted octanol–water partition coefficient (Wildman–Crippen LogP) is 2.32. The smallest absolute Gasteiger partial charge is 0.319 e. The zero-order valence-electron chi connectivity index (χ0n) is 11.5. The number of carbonyl (C=O) groups excluding carboxylic acids is 1. The summed E-state index contributed by atoms with van der Waals surface area (Å²) in [5.41, 5.74) is 0.697. The van der Waals surface area contributed by atoms with E-state index in [0.717, 1.165) is 12.2 Å². The summed E-state index contributed by atoms with van der Waals surface area (Å²) in [6.45, 7) is 4.94. The molecule has 1 aromatic heterocycles. The number of aromatic nitrogens is 1. The molecule has 1 aromatic rings. The van der Waals surface area contributed by atoms with Crippen molar-refractivity contribution in [2.75, 3.05) is 30.9 Å². The van der Waals surface area contributed by atoms with Gasteiger partial charge in [-0.05, 0) is 24.5 Å². The first kappa shape index (κ1) is 14.3. The second-order valence-corrected chi connectivity index (χ2v) is 4.86. The van der Waals surface area contributed by atoms with Gasteiger partial charge >= 0.3 is 6.03 Å². The Morgan fingerprint density at radius 3 is 2.61 bits per heavy atom. The Hall–Kier alpha value is -1.78. The summed E-state index contributed by atoms with van der Waals surface area (Å²) < 4.78 is 0. The highest BCUT2D eigenvalue weighted by atomic mass is 16.2. The lowest BCUT2D eigenvalue weighted by Crippen LogP contribution is -2.30. The minimum atomic E-state index is -0.185. The number of nitrogens with one attached hydrogen (secondary N) is 2. The van der Waals surface area contributed by atoms with E-state index in [9.17, 15) is 4.79 Å². The molecule has 2 amide bonds. The fraction of sp³-hybridized carbons (Fsp3) is 0.538. The molecule has 0 atom stereocenters. The Bertz CT molecular complexity index is 373. The molecular formula is C13H22N4O. The van der Waals surface area contributed by atoms with Crippen LogP contribution in [0.3, 0.4) is 0 Å². The van der Waals surface area contributed by atoms with Crippen LogP contribution in [0.1, 0.15) is 20.3 Å². The number of urea groups is 1. The number of carbonyl (C=O) groups is 1. The van der Waals surface area contributed by atoms with Gasteiger partial charge in [0.2, 0.25) is 0 Å². The van der Waals surface area contributed by atoms with Crippen molar-refractivity contribution in [3.63, 3.8) is 0 Å². The van der Waals surface area contributed by atoms with Crippen LogP contribution in [0, 0.1) is 5.92 Å². The molecular weight excluding hydrogens is 228 g/mol. The fourth-order valence-corrected chi connectivity index (χ4v) is 1.37. The maximum Gasteiger partial charge on any atom is 0.319 e. The van der Waals surface area contributed by atoms with E-state index in [4.69, 9.17) is 0 Å². The van der Waals surface area contributed by atoms with Gasteiger partial charge in [0.1, 0.15) is 5.82 Å². The van der Waals surface area contributed by atoms with E-state index in [2.05, 4.69) is 29.5 Å². The monoisotopic (exact) mass is 250 g/mol. The van der Waals surface area contributed by atoms with Crippen LogP contribution in [0.2, 0.25) is 0 Å². The molecule has 0 aliphatic rings. The van der Waals surface area contributed by atoms with E-state index < -0.39 is 0 Å². The van der Waals surface area contributed by atoms with E-state index >= 15 is 0 Å². The van der Waals surface area contributed by atoms with Crippen LogP contribution in [0.4, 0.5) is 16.3 Å². The van der Waals surface area contributed by atoms with Gasteiger partial charge in [-0.25, -0.2) is 9.78 Å². The van der Waals surface area contributed by atoms with E-state index in [0.29, 0.717) is 18.2 Å². The second-order valence-electron chi connectivity index (χ2n) is 4.86. The highest BCUT2D eigenvalue weighted by molar-refractivity contribution is 5.89. The number of hydrogen-bond donors (Lipinski definition) is 2. The average Bonchev–Trinajstić information content (AvgIpc) is 2.29. The van der Waals surface area contributed by atoms with Crippen molar-refractivity contribution in [1.82, 2.24) is 10.3 Å². The molecule has 0 radical (unpaired) electrons. The molecule has 1 heterocycles. The van der Waals surface area contributed by atoms with E-state index in [-0.39, 0.29) is 6.03 Å². The van der Waals surface area contributed by atoms with Crippen molar-refractivity contribution in [1.29, 1.82) is 0 Å². The lowest BCUT2D eigenvalue weighted by molar-refractivity contribution is 0.251. The third kappa shape index (κ3) is 5.03. The van der Waals surface area contributed by atoms with Crippen molar-refractivity contribution in [3.8, 4) is 0 Å². The molecule has 0 bridgehead atoms. The number of anilines is 2. The number of pyridine rings is 1. The van der Waals surface area contributed by atoms with Gasteiger partial charge in [0, 0.05) is 20.6 Å². The Morgan fingerprint density at radius 2 is 2.11 bits per heavy atom. The summed E-state index contributed by atoms with van der Waals surface area (Å²) in [7, 11) is 3.85. The van der Waals surface area contributed by atoms with Crippen molar-refractivity contribution >= 4 is 17.5 Å². The zero-order chi connectivity index (χ0) is 13.5. The number of rotatable bonds is 5. The molecule has 0 aliphatic carbocycles. The summed E-state index contributed by atoms with van der Waals surface area (Å²) in [4.78, 5) is 17.7. The van der Waals surface area contributed by atoms with Crippen molar-refractivity contribution in [2.45, 2.75) is 20.3 Å². The van der Waals surface area contributed by atoms with Crippen molar-refractivity contribution in [2.24, 2.45) is 5.92 Å². The molecule has 100 valence electrons. The summed E-state index contributed by atoms with van der Waals surface area (Å²) in [6, 6.07) is 3.52. The third-order valence-corrected chi connectivity index (χ3v) is 2.47. The van der Waals surface area contributed by atoms with Crippen molar-refractivity contribution < 1.29 is 4.79 Å². The quantitative estimate of drug-likeness (QED) is 0.843. The Morgan fingerprint density at radius 1 is 1.39 bits per heavy atom. The number of hydrogen-bond acceptors (Lipinski definition) is 3. The molecule has 5 heteroatoms. The van der Waals surface area contributed by atoms with Gasteiger partial charge < -0.3 is 15.5 Å². The topological polar surface area (TPSA) is 57.3 Å². The Balaban J connectivity index is 2.40. The molecule has 5 nitrogen and oxygen atoms in total. The highest BCUT2D eigenvalue weighted by Gasteiger charge is 2.03. The fourth-order valence-electron chi connectivity index (χ4n) is 1.37. The molecule has 0 aliphatic heterocycles. The summed E-state index contributed by atoms with van der Waals surface area (Å²) in [5.74, 6) is 1.45. The summed E-state index contributed by atoms with van der Waals surface area (Å²) >= 11 is 0. The third-order valence-electron chi connectivity index (χ3n) is 2.47. The first-order chi connectivity index (χ1) is 8.49. The van der Waals surface area contributed by atoms with Gasteiger partial charge in [-0.15, -0.1) is 0 Å². The lowest BCUT2D eigenvalue weighted by Gasteiger charge is -2.12. The SMILES string of the molecule is CC(C)CCNC(=O)Nc1ccc(N(C)C)nc1. The maximum atomic E-state index is 11.6. The van der Waals surface area contributed by atoms with Crippen LogP contribution in [0.25, 0.3) is 0 Å². The molecule has 2 N–H and O–H groups in total. The second kappa shape index (κ2) is 6.83. The Kier molecular flexibility index (Phi) is 5.42. The predicted molar refractivity (Wildman–Crippen MR) is 75.0 cm³/mol. The molecule has 0 fully saturated rings. The van der Waals surface area contributed by atoms with Gasteiger partial charge in [0.05, 0.1) is 11.9 Å². The van der Waals surface area contributed by atoms with Gasteiger partial charge in [-0.2, -0.15) is 0 Å². The molecule has 0 saturated carbocycles. The van der Waals surface area contributed by atoms with Crippen LogP contribution in [-0.2, 0) is 0 Å². The van der Waals surface area contributed by atoms with Gasteiger partial charge in [0.15, 0.2) is 0 Å². The lowest BCUT2D eigenvalue weighted by atomic mass is 10.1. The molecule has 0 spiro atoms. The minimum absolute atomic E-state index is 0.185. The molecule has 1 rings (SSSR count). The zero-order valence-corrected chi connectivity index (χ0v) is 11.5. The number of amides is 2. The Labute approximate surface area is 109 Å². The van der Waals surface area contributed by atoms with Gasteiger partial charge in [-0.1, -0.05) is 13.8 Å². The standard InChI is InChI=1S/C13H22N4O/c1-10(2)7-8-14-13(18)16-11-5-6-12(15-9-11)17(3)4/h5-6,9-10H,7-8H2,1-4H3,(H2,14,16,18). The molecule has 0 unspecified atom stereocenters. The van der Waals surface area contributed by atoms with E-state index in [1.165, 1.54) is 0 Å². The summed E-state index contributed by atoms with van der Waals surface area (Å²) in [6.07, 6.45) is 2.63. The molecule has 0 aromatic carbocycles. The maximum absolute atomic E-state index is 11.6. The first-order valence-electron chi connectivity index (χ1n) is 6.17. The average molecular weight is 250 g/mol. The largest absolute Gasteiger partial charge is 0.363 e. The van der Waals surface area contributed by atoms with Crippen LogP contribution in [0.15, 0.2) is 18.3 Å². The number of nitrogens with zero attached hydrogens (tertiary/aromatic N) is 2. The van der Waals surface area contributed by atoms with Gasteiger partial charge in [-0.3, -0.25) is 0 Å². The normalized spacial score (nSPS) is 10.3. The van der Waals surface area contributed by atoms with Crippen LogP contribution in [0.5, 0.6) is 0 Å². The highest BCUT2D eigenvalue weighted by Crippen LogP contribution is 2.11.